The fraction of sp³-hybridized carbons (Fsp3) is 0.333. The van der Waals surface area contributed by atoms with E-state index in [9.17, 15) is 5.21 Å². The second kappa shape index (κ2) is 3.14. The van der Waals surface area contributed by atoms with Crippen molar-refractivity contribution in [1.29, 1.82) is 0 Å². The first-order valence-corrected chi connectivity index (χ1v) is 4.84. The van der Waals surface area contributed by atoms with Gasteiger partial charge in [0.2, 0.25) is 0 Å². The van der Waals surface area contributed by atoms with Gasteiger partial charge in [0.15, 0.2) is 0 Å². The van der Waals surface area contributed by atoms with Gasteiger partial charge in [-0.15, -0.1) is 0 Å². The van der Waals surface area contributed by atoms with Gasteiger partial charge in [0, 0.05) is 11.2 Å². The molecule has 0 unspecified atom stereocenters. The maximum Gasteiger partial charge on any atom is 0.0297 e. The molecule has 0 saturated carbocycles. The third kappa shape index (κ3) is 1.42. The Hall–Kier alpha value is -1.28. The number of hydrogen-bond acceptors (Lipinski definition) is 2. The standard InChI is InChI=1S/C12H14NO/c1-12(2)9-8-11(13(12)14)10-6-4-3-5-7-10/h3-8H,9H2,1-2H3/q-1. The molecule has 0 saturated heterocycles. The Morgan fingerprint density at radius 1 is 1.21 bits per heavy atom. The van der Waals surface area contributed by atoms with E-state index in [1.54, 1.807) is 0 Å². The number of hydrogen-bond donors (Lipinski definition) is 0. The van der Waals surface area contributed by atoms with E-state index in [1.165, 1.54) is 0 Å². The fourth-order valence-electron chi connectivity index (χ4n) is 1.68. The van der Waals surface area contributed by atoms with Gasteiger partial charge in [-0.1, -0.05) is 36.4 Å². The molecular formula is C12H14NO-. The first-order valence-electron chi connectivity index (χ1n) is 4.84. The number of hydroxylamine groups is 2. The molecule has 1 heterocycles. The van der Waals surface area contributed by atoms with Gasteiger partial charge in [0.25, 0.3) is 0 Å². The second-order valence-electron chi connectivity index (χ2n) is 4.27. The highest BCUT2D eigenvalue weighted by atomic mass is 16.5. The molecule has 2 heteroatoms. The fourth-order valence-corrected chi connectivity index (χ4v) is 1.68. The van der Waals surface area contributed by atoms with Crippen LogP contribution in [0.3, 0.4) is 0 Å². The highest BCUT2D eigenvalue weighted by molar-refractivity contribution is 5.67. The summed E-state index contributed by atoms with van der Waals surface area (Å²) in [5, 5.41) is 13.0. The van der Waals surface area contributed by atoms with Gasteiger partial charge in [-0.05, 0) is 25.8 Å². The van der Waals surface area contributed by atoms with E-state index in [4.69, 9.17) is 0 Å². The molecule has 1 aliphatic heterocycles. The monoisotopic (exact) mass is 188 g/mol. The van der Waals surface area contributed by atoms with E-state index in [0.29, 0.717) is 0 Å². The predicted molar refractivity (Wildman–Crippen MR) is 58.3 cm³/mol. The minimum atomic E-state index is -0.287. The Morgan fingerprint density at radius 2 is 1.86 bits per heavy atom. The van der Waals surface area contributed by atoms with Crippen LogP contribution in [0.15, 0.2) is 36.4 Å². The lowest BCUT2D eigenvalue weighted by Crippen LogP contribution is -2.33. The minimum absolute atomic E-state index is 0.287. The van der Waals surface area contributed by atoms with Crippen LogP contribution in [0.4, 0.5) is 0 Å². The summed E-state index contributed by atoms with van der Waals surface area (Å²) >= 11 is 0. The second-order valence-corrected chi connectivity index (χ2v) is 4.27. The highest BCUT2D eigenvalue weighted by Gasteiger charge is 2.26. The van der Waals surface area contributed by atoms with Crippen molar-refractivity contribution < 1.29 is 0 Å². The van der Waals surface area contributed by atoms with Crippen LogP contribution in [0.5, 0.6) is 0 Å². The van der Waals surface area contributed by atoms with Crippen LogP contribution in [0.1, 0.15) is 25.8 Å². The van der Waals surface area contributed by atoms with Crippen LogP contribution in [0.2, 0.25) is 0 Å². The molecule has 0 spiro atoms. The summed E-state index contributed by atoms with van der Waals surface area (Å²) in [7, 11) is 0. The lowest BCUT2D eigenvalue weighted by Gasteiger charge is -2.42. The smallest absolute Gasteiger partial charge is 0.0297 e. The molecule has 2 nitrogen and oxygen atoms in total. The molecule has 0 fully saturated rings. The van der Waals surface area contributed by atoms with Crippen LogP contribution in [-0.2, 0) is 0 Å². The largest absolute Gasteiger partial charge is 0.758 e. The number of rotatable bonds is 1. The van der Waals surface area contributed by atoms with Crippen molar-refractivity contribution in [3.8, 4) is 0 Å². The molecule has 2 rings (SSSR count). The van der Waals surface area contributed by atoms with Crippen molar-refractivity contribution in [3.63, 3.8) is 0 Å². The first kappa shape index (κ1) is 9.28. The van der Waals surface area contributed by atoms with Gasteiger partial charge < -0.3 is 10.3 Å². The van der Waals surface area contributed by atoms with Crippen LogP contribution >= 0.6 is 0 Å². The molecule has 1 aromatic carbocycles. The van der Waals surface area contributed by atoms with Gasteiger partial charge >= 0.3 is 0 Å². The van der Waals surface area contributed by atoms with Crippen LogP contribution in [0.25, 0.3) is 5.70 Å². The van der Waals surface area contributed by atoms with E-state index >= 15 is 0 Å². The predicted octanol–water partition coefficient (Wildman–Crippen LogP) is 3.01. The van der Waals surface area contributed by atoms with Crippen molar-refractivity contribution in [2.45, 2.75) is 25.8 Å². The molecule has 14 heavy (non-hydrogen) atoms. The Labute approximate surface area is 84.4 Å². The summed E-state index contributed by atoms with van der Waals surface area (Å²) in [4.78, 5) is 0. The Bertz CT molecular complexity index is 354. The van der Waals surface area contributed by atoms with Crippen molar-refractivity contribution in [2.75, 3.05) is 0 Å². The Balaban J connectivity index is 2.31. The molecule has 0 N–H and O–H groups in total. The van der Waals surface area contributed by atoms with Gasteiger partial charge in [0.05, 0.1) is 0 Å². The maximum atomic E-state index is 11.9. The molecular weight excluding hydrogens is 174 g/mol. The Kier molecular flexibility index (Phi) is 2.08. The van der Waals surface area contributed by atoms with E-state index in [2.05, 4.69) is 0 Å². The van der Waals surface area contributed by atoms with Crippen molar-refractivity contribution in [3.05, 3.63) is 47.2 Å². The highest BCUT2D eigenvalue weighted by Crippen LogP contribution is 2.35. The third-order valence-electron chi connectivity index (χ3n) is 2.63. The summed E-state index contributed by atoms with van der Waals surface area (Å²) in [6.45, 7) is 3.93. The number of nitrogens with zero attached hydrogens (tertiary/aromatic N) is 1. The molecule has 0 amide bonds. The summed E-state index contributed by atoms with van der Waals surface area (Å²) in [6.07, 6.45) is 2.84. The van der Waals surface area contributed by atoms with Gasteiger partial charge in [-0.25, -0.2) is 0 Å². The molecule has 1 aliphatic rings. The molecule has 0 radical (unpaired) electrons. The minimum Gasteiger partial charge on any atom is -0.758 e. The summed E-state index contributed by atoms with van der Waals surface area (Å²) in [5.74, 6) is 0. The zero-order valence-corrected chi connectivity index (χ0v) is 8.53. The molecule has 1 aromatic rings. The first-order chi connectivity index (χ1) is 6.61. The SMILES string of the molecule is CC1(C)CC=C(c2ccccc2)N1[O-]. The lowest BCUT2D eigenvalue weighted by molar-refractivity contribution is 0.294. The quantitative estimate of drug-likeness (QED) is 0.677. The van der Waals surface area contributed by atoms with E-state index in [-0.39, 0.29) is 5.54 Å². The van der Waals surface area contributed by atoms with E-state index in [1.807, 2.05) is 50.3 Å². The van der Waals surface area contributed by atoms with Gasteiger partial charge in [-0.3, -0.25) is 0 Å². The van der Waals surface area contributed by atoms with E-state index < -0.39 is 0 Å². The molecule has 0 bridgehead atoms. The average molecular weight is 188 g/mol. The summed E-state index contributed by atoms with van der Waals surface area (Å²) in [5.41, 5.74) is 1.52. The normalized spacial score (nSPS) is 19.6. The van der Waals surface area contributed by atoms with Gasteiger partial charge in [-0.2, -0.15) is 0 Å². The molecule has 0 aliphatic carbocycles. The number of benzene rings is 1. The van der Waals surface area contributed by atoms with Crippen molar-refractivity contribution in [2.24, 2.45) is 0 Å². The molecule has 74 valence electrons. The van der Waals surface area contributed by atoms with Crippen LogP contribution in [-0.4, -0.2) is 10.6 Å². The zero-order chi connectivity index (χ0) is 10.2. The molecule has 0 aromatic heterocycles. The third-order valence-corrected chi connectivity index (χ3v) is 2.63. The van der Waals surface area contributed by atoms with Gasteiger partial charge in [0.1, 0.15) is 0 Å². The average Bonchev–Trinajstić information content (AvgIpc) is 2.44. The topological polar surface area (TPSA) is 26.3 Å². The lowest BCUT2D eigenvalue weighted by atomic mass is 10.0. The van der Waals surface area contributed by atoms with Crippen LogP contribution < -0.4 is 0 Å². The summed E-state index contributed by atoms with van der Waals surface area (Å²) < 4.78 is 0. The van der Waals surface area contributed by atoms with Crippen LogP contribution in [0, 0.1) is 5.21 Å². The van der Waals surface area contributed by atoms with E-state index in [0.717, 1.165) is 22.7 Å². The Morgan fingerprint density at radius 3 is 2.36 bits per heavy atom. The maximum absolute atomic E-state index is 11.9. The summed E-state index contributed by atoms with van der Waals surface area (Å²) in [6, 6.07) is 9.81. The zero-order valence-electron chi connectivity index (χ0n) is 8.53. The van der Waals surface area contributed by atoms with Crippen molar-refractivity contribution >= 4 is 5.70 Å². The van der Waals surface area contributed by atoms with Crippen molar-refractivity contribution in [1.82, 2.24) is 5.06 Å². The molecule has 0 atom stereocenters.